The first-order valence-corrected chi connectivity index (χ1v) is 11.4. The Balaban J connectivity index is 0.00000280. The third-order valence-electron chi connectivity index (χ3n) is 5.99. The summed E-state index contributed by atoms with van der Waals surface area (Å²) in [5.74, 6) is 1.08. The maximum Gasteiger partial charge on any atom is 0.254 e. The maximum absolute atomic E-state index is 12.9. The highest BCUT2D eigenvalue weighted by Crippen LogP contribution is 2.26. The average molecular weight is 430 g/mol. The summed E-state index contributed by atoms with van der Waals surface area (Å²) in [6, 6.07) is 6.44. The molecule has 1 aromatic rings. The van der Waals surface area contributed by atoms with Gasteiger partial charge in [-0.25, -0.2) is 8.42 Å². The number of rotatable bonds is 4. The second-order valence-corrected chi connectivity index (χ2v) is 10.1. The molecule has 2 N–H and O–H groups in total. The first-order chi connectivity index (χ1) is 12.8. The van der Waals surface area contributed by atoms with Crippen LogP contribution in [-0.4, -0.2) is 55.8 Å². The highest BCUT2D eigenvalue weighted by atomic mass is 35.5. The van der Waals surface area contributed by atoms with Gasteiger partial charge in [0.2, 0.25) is 10.0 Å². The molecule has 0 spiro atoms. The zero-order chi connectivity index (χ0) is 19.6. The van der Waals surface area contributed by atoms with E-state index in [9.17, 15) is 13.2 Å². The number of nitrogens with two attached hydrogens (primary N) is 1. The number of hydrogen-bond donors (Lipinski definition) is 1. The molecule has 2 heterocycles. The number of carbonyl (C=O) groups is 1. The van der Waals surface area contributed by atoms with Gasteiger partial charge in [0.05, 0.1) is 4.90 Å². The first kappa shape index (κ1) is 23.1. The van der Waals surface area contributed by atoms with Crippen LogP contribution < -0.4 is 5.73 Å². The van der Waals surface area contributed by atoms with Crippen molar-refractivity contribution in [2.24, 2.45) is 17.6 Å². The van der Waals surface area contributed by atoms with Gasteiger partial charge < -0.3 is 10.6 Å². The Kier molecular flexibility index (Phi) is 7.90. The predicted octanol–water partition coefficient (Wildman–Crippen LogP) is 2.73. The van der Waals surface area contributed by atoms with Crippen LogP contribution in [0, 0.1) is 11.8 Å². The van der Waals surface area contributed by atoms with Gasteiger partial charge in [0.25, 0.3) is 5.91 Å². The minimum Gasteiger partial charge on any atom is -0.334 e. The molecule has 2 saturated heterocycles. The molecule has 2 unspecified atom stereocenters. The summed E-state index contributed by atoms with van der Waals surface area (Å²) in [5, 5.41) is 0. The Hall–Kier alpha value is -1.15. The Bertz CT molecular complexity index is 761. The molecular formula is C20H32ClN3O3S. The lowest BCUT2D eigenvalue weighted by atomic mass is 9.92. The van der Waals surface area contributed by atoms with Crippen LogP contribution in [0.4, 0.5) is 0 Å². The van der Waals surface area contributed by atoms with Crippen molar-refractivity contribution >= 4 is 28.3 Å². The van der Waals surface area contributed by atoms with Crippen LogP contribution in [0.15, 0.2) is 29.2 Å². The molecule has 3 rings (SSSR count). The van der Waals surface area contributed by atoms with Crippen LogP contribution in [0.3, 0.4) is 0 Å². The van der Waals surface area contributed by atoms with Crippen LogP contribution in [0.2, 0.25) is 0 Å². The molecule has 8 heteroatoms. The number of hydrogen-bond acceptors (Lipinski definition) is 4. The maximum atomic E-state index is 12.9. The summed E-state index contributed by atoms with van der Waals surface area (Å²) in [6.45, 7) is 6.62. The molecule has 0 aliphatic carbocycles. The van der Waals surface area contributed by atoms with E-state index in [1.807, 2.05) is 4.90 Å². The van der Waals surface area contributed by atoms with Gasteiger partial charge in [-0.2, -0.15) is 4.31 Å². The van der Waals surface area contributed by atoms with Gasteiger partial charge in [0.1, 0.15) is 0 Å². The van der Waals surface area contributed by atoms with E-state index in [1.54, 1.807) is 28.6 Å². The summed E-state index contributed by atoms with van der Waals surface area (Å²) in [4.78, 5) is 15.0. The highest BCUT2D eigenvalue weighted by Gasteiger charge is 2.31. The van der Waals surface area contributed by atoms with Gasteiger partial charge in [-0.05, 0) is 61.8 Å². The lowest BCUT2D eigenvalue weighted by Gasteiger charge is -2.38. The largest absolute Gasteiger partial charge is 0.334 e. The van der Waals surface area contributed by atoms with Crippen LogP contribution in [-0.2, 0) is 10.0 Å². The molecule has 158 valence electrons. The summed E-state index contributed by atoms with van der Waals surface area (Å²) in [7, 11) is -3.49. The summed E-state index contributed by atoms with van der Waals surface area (Å²) in [5.41, 5.74) is 6.39. The molecule has 0 saturated carbocycles. The van der Waals surface area contributed by atoms with Crippen LogP contribution in [0.1, 0.15) is 49.9 Å². The minimum atomic E-state index is -3.49. The molecule has 1 amide bonds. The van der Waals surface area contributed by atoms with Crippen LogP contribution >= 0.6 is 12.4 Å². The molecule has 2 aliphatic rings. The Labute approximate surface area is 174 Å². The number of benzene rings is 1. The fourth-order valence-electron chi connectivity index (χ4n) is 4.05. The zero-order valence-corrected chi connectivity index (χ0v) is 18.3. The number of likely N-dealkylation sites (tertiary alicyclic amines) is 1. The predicted molar refractivity (Wildman–Crippen MR) is 113 cm³/mol. The normalized spacial score (nSPS) is 24.6. The summed E-state index contributed by atoms with van der Waals surface area (Å²) >= 11 is 0. The van der Waals surface area contributed by atoms with Crippen molar-refractivity contribution in [2.75, 3.05) is 26.2 Å². The Morgan fingerprint density at radius 1 is 1.04 bits per heavy atom. The van der Waals surface area contributed by atoms with E-state index < -0.39 is 10.0 Å². The van der Waals surface area contributed by atoms with E-state index in [0.29, 0.717) is 43.6 Å². The van der Waals surface area contributed by atoms with Gasteiger partial charge in [0.15, 0.2) is 0 Å². The van der Waals surface area contributed by atoms with Crippen LogP contribution in [0.25, 0.3) is 0 Å². The molecule has 2 aliphatic heterocycles. The molecule has 0 bridgehead atoms. The monoisotopic (exact) mass is 429 g/mol. The van der Waals surface area contributed by atoms with Gasteiger partial charge in [-0.3, -0.25) is 4.79 Å². The molecular weight excluding hydrogens is 398 g/mol. The van der Waals surface area contributed by atoms with Gasteiger partial charge >= 0.3 is 0 Å². The summed E-state index contributed by atoms with van der Waals surface area (Å²) < 4.78 is 27.2. The highest BCUT2D eigenvalue weighted by molar-refractivity contribution is 7.89. The SMILES string of the molecule is CC1CCN(S(=O)(=O)c2ccc(C(=O)N3CCC(C)CC3CN)cc2)CC1.Cl. The lowest BCUT2D eigenvalue weighted by Crippen LogP contribution is -2.49. The van der Waals surface area contributed by atoms with E-state index in [0.717, 1.165) is 25.7 Å². The van der Waals surface area contributed by atoms with E-state index in [2.05, 4.69) is 13.8 Å². The number of sulfonamides is 1. The zero-order valence-electron chi connectivity index (χ0n) is 16.7. The van der Waals surface area contributed by atoms with E-state index in [-0.39, 0.29) is 29.3 Å². The first-order valence-electron chi connectivity index (χ1n) is 9.94. The quantitative estimate of drug-likeness (QED) is 0.797. The third-order valence-corrected chi connectivity index (χ3v) is 7.91. The fourth-order valence-corrected chi connectivity index (χ4v) is 5.52. The van der Waals surface area contributed by atoms with Crippen molar-refractivity contribution in [1.82, 2.24) is 9.21 Å². The average Bonchev–Trinajstić information content (AvgIpc) is 2.67. The van der Waals surface area contributed by atoms with E-state index in [4.69, 9.17) is 5.73 Å². The minimum absolute atomic E-state index is 0. The molecule has 2 fully saturated rings. The number of amides is 1. The van der Waals surface area contributed by atoms with Crippen molar-refractivity contribution in [3.63, 3.8) is 0 Å². The van der Waals surface area contributed by atoms with Gasteiger partial charge in [-0.15, -0.1) is 12.4 Å². The molecule has 0 aromatic heterocycles. The molecule has 28 heavy (non-hydrogen) atoms. The second-order valence-electron chi connectivity index (χ2n) is 8.13. The number of halogens is 1. The van der Waals surface area contributed by atoms with Crippen molar-refractivity contribution < 1.29 is 13.2 Å². The summed E-state index contributed by atoms with van der Waals surface area (Å²) in [6.07, 6.45) is 3.68. The molecule has 1 aromatic carbocycles. The standard InChI is InChI=1S/C20H31N3O3S.ClH/c1-15-7-10-22(11-8-15)27(25,26)19-5-3-17(4-6-19)20(24)23-12-9-16(2)13-18(23)14-21;/h3-6,15-16,18H,7-14,21H2,1-2H3;1H. The molecule has 0 radical (unpaired) electrons. The van der Waals surface area contributed by atoms with Crippen LogP contribution in [0.5, 0.6) is 0 Å². The smallest absolute Gasteiger partial charge is 0.254 e. The molecule has 6 nitrogen and oxygen atoms in total. The van der Waals surface area contributed by atoms with Crippen molar-refractivity contribution in [2.45, 2.75) is 50.5 Å². The van der Waals surface area contributed by atoms with Crippen molar-refractivity contribution in [1.29, 1.82) is 0 Å². The van der Waals surface area contributed by atoms with Gasteiger partial charge in [-0.1, -0.05) is 13.8 Å². The van der Waals surface area contributed by atoms with Crippen molar-refractivity contribution in [3.8, 4) is 0 Å². The topological polar surface area (TPSA) is 83.7 Å². The fraction of sp³-hybridized carbons (Fsp3) is 0.650. The number of nitrogens with zero attached hydrogens (tertiary/aromatic N) is 2. The second kappa shape index (κ2) is 9.57. The number of carbonyl (C=O) groups excluding carboxylic acids is 1. The molecule has 2 atom stereocenters. The third kappa shape index (κ3) is 4.87. The van der Waals surface area contributed by atoms with E-state index >= 15 is 0 Å². The van der Waals surface area contributed by atoms with Crippen molar-refractivity contribution in [3.05, 3.63) is 29.8 Å². The Morgan fingerprint density at radius 2 is 1.61 bits per heavy atom. The van der Waals surface area contributed by atoms with Gasteiger partial charge in [0, 0.05) is 37.8 Å². The lowest BCUT2D eigenvalue weighted by molar-refractivity contribution is 0.0573. The van der Waals surface area contributed by atoms with E-state index in [1.165, 1.54) is 0 Å². The number of piperidine rings is 2. The Morgan fingerprint density at radius 3 is 2.18 bits per heavy atom.